The minimum atomic E-state index is -0.138. The number of hydrogen-bond acceptors (Lipinski definition) is 3. The van der Waals surface area contributed by atoms with E-state index in [4.69, 9.17) is 0 Å². The first-order valence-corrected chi connectivity index (χ1v) is 9.47. The molecule has 0 spiro atoms. The van der Waals surface area contributed by atoms with Gasteiger partial charge in [-0.05, 0) is 61.8 Å². The van der Waals surface area contributed by atoms with E-state index in [0.717, 1.165) is 30.9 Å². The molecule has 0 radical (unpaired) electrons. The number of carbonyl (C=O) groups is 2. The van der Waals surface area contributed by atoms with Crippen LogP contribution in [0.4, 0.5) is 16.2 Å². The lowest BCUT2D eigenvalue weighted by Crippen LogP contribution is -2.27. The Morgan fingerprint density at radius 2 is 1.85 bits per heavy atom. The van der Waals surface area contributed by atoms with Crippen molar-refractivity contribution >= 4 is 23.3 Å². The molecule has 27 heavy (non-hydrogen) atoms. The fraction of sp³-hybridized carbons (Fsp3) is 0.333. The first-order valence-electron chi connectivity index (χ1n) is 9.47. The minimum absolute atomic E-state index is 0.104. The third-order valence-electron chi connectivity index (χ3n) is 5.07. The van der Waals surface area contributed by atoms with Gasteiger partial charge in [0.2, 0.25) is 0 Å². The highest BCUT2D eigenvalue weighted by molar-refractivity contribution is 6.05. The summed E-state index contributed by atoms with van der Waals surface area (Å²) in [5, 5.41) is 5.73. The van der Waals surface area contributed by atoms with E-state index < -0.39 is 0 Å². The molecule has 2 saturated heterocycles. The van der Waals surface area contributed by atoms with Gasteiger partial charge in [-0.3, -0.25) is 14.6 Å². The summed E-state index contributed by atoms with van der Waals surface area (Å²) in [5.74, 6) is -0.138. The van der Waals surface area contributed by atoms with Crippen LogP contribution in [0.3, 0.4) is 0 Å². The van der Waals surface area contributed by atoms with Gasteiger partial charge in [-0.2, -0.15) is 0 Å². The molecule has 0 bridgehead atoms. The summed E-state index contributed by atoms with van der Waals surface area (Å²) in [7, 11) is 0. The van der Waals surface area contributed by atoms with Crippen molar-refractivity contribution in [3.8, 4) is 0 Å². The molecule has 2 N–H and O–H groups in total. The fourth-order valence-electron chi connectivity index (χ4n) is 3.68. The second-order valence-electron chi connectivity index (χ2n) is 7.07. The first kappa shape index (κ1) is 17.5. The fourth-order valence-corrected chi connectivity index (χ4v) is 3.68. The SMILES string of the molecule is O=C(Nc1cccc(N2CCNC2=O)c1)c1cccc(CN2CCCC2)c1. The Hall–Kier alpha value is -2.86. The lowest BCUT2D eigenvalue weighted by atomic mass is 10.1. The summed E-state index contributed by atoms with van der Waals surface area (Å²) in [6, 6.07) is 15.1. The van der Waals surface area contributed by atoms with Gasteiger partial charge in [0.25, 0.3) is 5.91 Å². The van der Waals surface area contributed by atoms with Crippen LogP contribution in [0, 0.1) is 0 Å². The monoisotopic (exact) mass is 364 g/mol. The summed E-state index contributed by atoms with van der Waals surface area (Å²) in [6.45, 7) is 4.43. The third-order valence-corrected chi connectivity index (χ3v) is 5.07. The molecule has 0 aromatic heterocycles. The maximum absolute atomic E-state index is 12.7. The van der Waals surface area contributed by atoms with Crippen molar-refractivity contribution in [1.82, 2.24) is 10.2 Å². The number of likely N-dealkylation sites (tertiary alicyclic amines) is 1. The Morgan fingerprint density at radius 3 is 2.63 bits per heavy atom. The van der Waals surface area contributed by atoms with Crippen molar-refractivity contribution in [3.63, 3.8) is 0 Å². The second kappa shape index (κ2) is 7.80. The molecular weight excluding hydrogens is 340 g/mol. The van der Waals surface area contributed by atoms with Crippen LogP contribution < -0.4 is 15.5 Å². The average Bonchev–Trinajstić information content (AvgIpc) is 3.34. The number of hydrogen-bond donors (Lipinski definition) is 2. The quantitative estimate of drug-likeness (QED) is 0.857. The van der Waals surface area contributed by atoms with Gasteiger partial charge in [0.1, 0.15) is 0 Å². The lowest BCUT2D eigenvalue weighted by Gasteiger charge is -2.16. The highest BCUT2D eigenvalue weighted by Crippen LogP contribution is 2.22. The molecule has 0 aliphatic carbocycles. The maximum Gasteiger partial charge on any atom is 0.321 e. The molecule has 3 amide bonds. The molecule has 0 saturated carbocycles. The summed E-state index contributed by atoms with van der Waals surface area (Å²) in [5.41, 5.74) is 3.27. The smallest absolute Gasteiger partial charge is 0.321 e. The van der Waals surface area contributed by atoms with E-state index in [1.165, 1.54) is 12.8 Å². The highest BCUT2D eigenvalue weighted by atomic mass is 16.2. The van der Waals surface area contributed by atoms with Crippen molar-refractivity contribution in [2.24, 2.45) is 0 Å². The van der Waals surface area contributed by atoms with Gasteiger partial charge >= 0.3 is 6.03 Å². The van der Waals surface area contributed by atoms with Crippen LogP contribution in [0.15, 0.2) is 48.5 Å². The minimum Gasteiger partial charge on any atom is -0.336 e. The van der Waals surface area contributed by atoms with Gasteiger partial charge in [-0.1, -0.05) is 18.2 Å². The molecule has 0 atom stereocenters. The van der Waals surface area contributed by atoms with Crippen LogP contribution in [0.2, 0.25) is 0 Å². The highest BCUT2D eigenvalue weighted by Gasteiger charge is 2.21. The Kier molecular flexibility index (Phi) is 5.07. The maximum atomic E-state index is 12.7. The molecule has 140 valence electrons. The zero-order valence-electron chi connectivity index (χ0n) is 15.3. The average molecular weight is 364 g/mol. The van der Waals surface area contributed by atoms with Gasteiger partial charge < -0.3 is 10.6 Å². The van der Waals surface area contributed by atoms with Crippen LogP contribution in [-0.2, 0) is 6.54 Å². The molecule has 2 aromatic rings. The Bertz CT molecular complexity index is 846. The molecule has 2 fully saturated rings. The number of nitrogens with zero attached hydrogens (tertiary/aromatic N) is 2. The second-order valence-corrected chi connectivity index (χ2v) is 7.07. The molecule has 6 heteroatoms. The molecule has 2 aliphatic rings. The summed E-state index contributed by atoms with van der Waals surface area (Å²) < 4.78 is 0. The number of carbonyl (C=O) groups excluding carboxylic acids is 2. The predicted octanol–water partition coefficient (Wildman–Crippen LogP) is 3.06. The molecular formula is C21H24N4O2. The van der Waals surface area contributed by atoms with E-state index in [-0.39, 0.29) is 11.9 Å². The molecule has 6 nitrogen and oxygen atoms in total. The largest absolute Gasteiger partial charge is 0.336 e. The number of anilines is 2. The predicted molar refractivity (Wildman–Crippen MR) is 106 cm³/mol. The zero-order chi connectivity index (χ0) is 18.6. The van der Waals surface area contributed by atoms with Crippen LogP contribution >= 0.6 is 0 Å². The van der Waals surface area contributed by atoms with Gasteiger partial charge in [0.15, 0.2) is 0 Å². The number of nitrogens with one attached hydrogen (secondary N) is 2. The standard InChI is InChI=1S/C21H24N4O2/c26-20(17-6-3-5-16(13-17)15-24-10-1-2-11-24)23-18-7-4-8-19(14-18)25-12-9-22-21(25)27/h3-8,13-14H,1-2,9-12,15H2,(H,22,27)(H,23,26). The van der Waals surface area contributed by atoms with Crippen molar-refractivity contribution in [1.29, 1.82) is 0 Å². The molecule has 0 unspecified atom stereocenters. The summed E-state index contributed by atoms with van der Waals surface area (Å²) in [4.78, 5) is 28.6. The van der Waals surface area contributed by atoms with E-state index in [1.54, 1.807) is 4.90 Å². The van der Waals surface area contributed by atoms with Gasteiger partial charge in [0, 0.05) is 36.6 Å². The summed E-state index contributed by atoms with van der Waals surface area (Å²) in [6.07, 6.45) is 2.51. The van der Waals surface area contributed by atoms with Crippen molar-refractivity contribution < 1.29 is 9.59 Å². The number of benzene rings is 2. The van der Waals surface area contributed by atoms with Crippen LogP contribution in [0.25, 0.3) is 0 Å². The molecule has 4 rings (SSSR count). The van der Waals surface area contributed by atoms with E-state index >= 15 is 0 Å². The Labute approximate surface area is 159 Å². The van der Waals surface area contributed by atoms with Crippen molar-refractivity contribution in [3.05, 3.63) is 59.7 Å². The van der Waals surface area contributed by atoms with Gasteiger partial charge in [0.05, 0.1) is 0 Å². The Balaban J connectivity index is 1.45. The Morgan fingerprint density at radius 1 is 1.04 bits per heavy atom. The number of rotatable bonds is 5. The number of amides is 3. The van der Waals surface area contributed by atoms with E-state index in [0.29, 0.717) is 24.3 Å². The van der Waals surface area contributed by atoms with E-state index in [1.807, 2.05) is 42.5 Å². The number of urea groups is 1. The molecule has 2 aromatic carbocycles. The topological polar surface area (TPSA) is 64.7 Å². The third kappa shape index (κ3) is 4.11. The first-order chi connectivity index (χ1) is 13.2. The van der Waals surface area contributed by atoms with E-state index in [2.05, 4.69) is 21.6 Å². The van der Waals surface area contributed by atoms with Crippen LogP contribution in [-0.4, -0.2) is 43.0 Å². The van der Waals surface area contributed by atoms with Crippen molar-refractivity contribution in [2.45, 2.75) is 19.4 Å². The van der Waals surface area contributed by atoms with Crippen LogP contribution in [0.1, 0.15) is 28.8 Å². The van der Waals surface area contributed by atoms with Crippen molar-refractivity contribution in [2.75, 3.05) is 36.4 Å². The van der Waals surface area contributed by atoms with E-state index in [9.17, 15) is 9.59 Å². The normalized spacial score (nSPS) is 17.2. The molecule has 2 heterocycles. The van der Waals surface area contributed by atoms with Gasteiger partial charge in [-0.15, -0.1) is 0 Å². The zero-order valence-corrected chi connectivity index (χ0v) is 15.3. The summed E-state index contributed by atoms with van der Waals surface area (Å²) >= 11 is 0. The molecule has 2 aliphatic heterocycles. The van der Waals surface area contributed by atoms with Gasteiger partial charge in [-0.25, -0.2) is 4.79 Å². The van der Waals surface area contributed by atoms with Crippen LogP contribution in [0.5, 0.6) is 0 Å². The lowest BCUT2D eigenvalue weighted by molar-refractivity contribution is 0.102.